The Morgan fingerprint density at radius 2 is 2.26 bits per heavy atom. The van der Waals surface area contributed by atoms with Gasteiger partial charge in [-0.25, -0.2) is 4.39 Å². The second-order valence-corrected chi connectivity index (χ2v) is 3.86. The van der Waals surface area contributed by atoms with Crippen LogP contribution in [0.5, 0.6) is 5.75 Å². The van der Waals surface area contributed by atoms with Gasteiger partial charge >= 0.3 is 0 Å². The minimum Gasteiger partial charge on any atom is -0.491 e. The molecule has 0 unspecified atom stereocenters. The van der Waals surface area contributed by atoms with Crippen LogP contribution in [0, 0.1) is 12.7 Å². The van der Waals surface area contributed by atoms with Crippen LogP contribution < -0.4 is 10.1 Å². The number of nitrogens with zero attached hydrogens (tertiary/aromatic N) is 1. The molecule has 0 saturated carbocycles. The maximum Gasteiger partial charge on any atom is 0.257 e. The van der Waals surface area contributed by atoms with Crippen LogP contribution in [-0.2, 0) is 0 Å². The summed E-state index contributed by atoms with van der Waals surface area (Å²) in [5, 5.41) is 6.13. The van der Waals surface area contributed by atoms with Crippen molar-refractivity contribution >= 4 is 11.7 Å². The lowest BCUT2D eigenvalue weighted by Crippen LogP contribution is -2.12. The minimum atomic E-state index is -0.578. The van der Waals surface area contributed by atoms with Gasteiger partial charge in [-0.3, -0.25) is 4.79 Å². The third-order valence-electron chi connectivity index (χ3n) is 2.36. The molecule has 0 bridgehead atoms. The normalized spacial score (nSPS) is 10.3. The number of benzene rings is 1. The predicted molar refractivity (Wildman–Crippen MR) is 66.8 cm³/mol. The molecule has 0 aliphatic rings. The van der Waals surface area contributed by atoms with Gasteiger partial charge in [0.05, 0.1) is 6.61 Å². The van der Waals surface area contributed by atoms with Crippen molar-refractivity contribution in [3.05, 3.63) is 41.4 Å². The Morgan fingerprint density at radius 1 is 1.47 bits per heavy atom. The van der Waals surface area contributed by atoms with Gasteiger partial charge in [0, 0.05) is 11.6 Å². The number of rotatable bonds is 4. The molecule has 19 heavy (non-hydrogen) atoms. The van der Waals surface area contributed by atoms with E-state index in [4.69, 9.17) is 9.26 Å². The highest BCUT2D eigenvalue weighted by Gasteiger charge is 2.12. The molecular weight excluding hydrogens is 251 g/mol. The molecule has 1 aromatic carbocycles. The van der Waals surface area contributed by atoms with E-state index in [-0.39, 0.29) is 17.1 Å². The first-order valence-corrected chi connectivity index (χ1v) is 5.77. The van der Waals surface area contributed by atoms with Gasteiger partial charge in [-0.15, -0.1) is 0 Å². The van der Waals surface area contributed by atoms with Crippen LogP contribution >= 0.6 is 0 Å². The first-order valence-electron chi connectivity index (χ1n) is 5.77. The second-order valence-electron chi connectivity index (χ2n) is 3.86. The summed E-state index contributed by atoms with van der Waals surface area (Å²) in [7, 11) is 0. The van der Waals surface area contributed by atoms with E-state index in [1.165, 1.54) is 12.1 Å². The number of nitrogens with one attached hydrogen (secondary N) is 1. The second kappa shape index (κ2) is 5.51. The summed E-state index contributed by atoms with van der Waals surface area (Å²) in [6.07, 6.45) is 0. The summed E-state index contributed by atoms with van der Waals surface area (Å²) in [4.78, 5) is 11.8. The van der Waals surface area contributed by atoms with Crippen molar-refractivity contribution in [3.8, 4) is 5.75 Å². The lowest BCUT2D eigenvalue weighted by molar-refractivity contribution is 0.102. The van der Waals surface area contributed by atoms with Crippen LogP contribution in [0.2, 0.25) is 0 Å². The zero-order valence-electron chi connectivity index (χ0n) is 10.6. The quantitative estimate of drug-likeness (QED) is 0.922. The third-order valence-corrected chi connectivity index (χ3v) is 2.36. The fourth-order valence-corrected chi connectivity index (χ4v) is 1.53. The van der Waals surface area contributed by atoms with Crippen molar-refractivity contribution in [2.24, 2.45) is 0 Å². The highest BCUT2D eigenvalue weighted by atomic mass is 19.1. The maximum atomic E-state index is 13.6. The number of aromatic nitrogens is 1. The number of aryl methyl sites for hydroxylation is 1. The van der Waals surface area contributed by atoms with E-state index < -0.39 is 11.7 Å². The largest absolute Gasteiger partial charge is 0.491 e. The number of hydrogen-bond donors (Lipinski definition) is 1. The summed E-state index contributed by atoms with van der Waals surface area (Å²) in [5.41, 5.74) is 0.182. The summed E-state index contributed by atoms with van der Waals surface area (Å²) in [6, 6.07) is 5.59. The van der Waals surface area contributed by atoms with Crippen LogP contribution in [0.1, 0.15) is 23.0 Å². The lowest BCUT2D eigenvalue weighted by Gasteiger charge is -2.06. The molecular formula is C13H13FN2O3. The molecule has 100 valence electrons. The number of ether oxygens (including phenoxy) is 1. The van der Waals surface area contributed by atoms with Crippen LogP contribution in [0.3, 0.4) is 0 Å². The van der Waals surface area contributed by atoms with Crippen LogP contribution in [0.15, 0.2) is 28.8 Å². The van der Waals surface area contributed by atoms with E-state index in [9.17, 15) is 9.18 Å². The van der Waals surface area contributed by atoms with Gasteiger partial charge in [-0.2, -0.15) is 0 Å². The molecule has 2 rings (SSSR count). The van der Waals surface area contributed by atoms with Crippen LogP contribution in [0.25, 0.3) is 0 Å². The molecule has 0 fully saturated rings. The van der Waals surface area contributed by atoms with Gasteiger partial charge in [0.15, 0.2) is 17.4 Å². The molecule has 5 nitrogen and oxygen atoms in total. The van der Waals surface area contributed by atoms with E-state index in [0.29, 0.717) is 12.4 Å². The average molecular weight is 264 g/mol. The molecule has 1 N–H and O–H groups in total. The van der Waals surface area contributed by atoms with E-state index >= 15 is 0 Å². The average Bonchev–Trinajstić information content (AvgIpc) is 2.77. The fourth-order valence-electron chi connectivity index (χ4n) is 1.53. The van der Waals surface area contributed by atoms with Gasteiger partial charge in [0.2, 0.25) is 0 Å². The Balaban J connectivity index is 2.13. The van der Waals surface area contributed by atoms with Gasteiger partial charge < -0.3 is 14.6 Å². The molecule has 1 aromatic heterocycles. The maximum absolute atomic E-state index is 13.6. The Kier molecular flexibility index (Phi) is 3.79. The Hall–Kier alpha value is -2.37. The van der Waals surface area contributed by atoms with Crippen molar-refractivity contribution in [2.75, 3.05) is 11.9 Å². The number of halogens is 1. The molecule has 0 aliphatic heterocycles. The van der Waals surface area contributed by atoms with Crippen molar-refractivity contribution in [1.29, 1.82) is 0 Å². The van der Waals surface area contributed by atoms with Crippen molar-refractivity contribution in [3.63, 3.8) is 0 Å². The predicted octanol–water partition coefficient (Wildman–Crippen LogP) is 2.77. The van der Waals surface area contributed by atoms with Crippen molar-refractivity contribution in [1.82, 2.24) is 5.16 Å². The third kappa shape index (κ3) is 3.09. The molecule has 0 saturated heterocycles. The zero-order chi connectivity index (χ0) is 13.8. The Bertz CT molecular complexity index is 595. The number of anilines is 1. The first-order chi connectivity index (χ1) is 9.10. The van der Waals surface area contributed by atoms with Crippen LogP contribution in [0.4, 0.5) is 10.2 Å². The fraction of sp³-hybridized carbons (Fsp3) is 0.231. The molecule has 0 spiro atoms. The highest BCUT2D eigenvalue weighted by Crippen LogP contribution is 2.19. The molecule has 0 radical (unpaired) electrons. The van der Waals surface area contributed by atoms with Gasteiger partial charge in [0.1, 0.15) is 5.76 Å². The topological polar surface area (TPSA) is 64.4 Å². The number of hydrogen-bond acceptors (Lipinski definition) is 4. The molecule has 6 heteroatoms. The van der Waals surface area contributed by atoms with E-state index in [2.05, 4.69) is 10.5 Å². The Labute approximate surface area is 109 Å². The lowest BCUT2D eigenvalue weighted by atomic mass is 10.2. The number of carbonyl (C=O) groups is 1. The zero-order valence-corrected chi connectivity index (χ0v) is 10.6. The minimum absolute atomic E-state index is 0.122. The SMILES string of the molecule is CCOc1ccc(C(=O)Nc2cc(C)on2)cc1F. The monoisotopic (exact) mass is 264 g/mol. The summed E-state index contributed by atoms with van der Waals surface area (Å²) in [6.45, 7) is 3.83. The summed E-state index contributed by atoms with van der Waals surface area (Å²) >= 11 is 0. The number of amides is 1. The molecule has 0 atom stereocenters. The standard InChI is InChI=1S/C13H13FN2O3/c1-3-18-11-5-4-9(7-10(11)14)13(17)15-12-6-8(2)19-16-12/h4-7H,3H2,1-2H3,(H,15,16,17). The van der Waals surface area contributed by atoms with Gasteiger partial charge in [-0.1, -0.05) is 5.16 Å². The van der Waals surface area contributed by atoms with E-state index in [1.807, 2.05) is 0 Å². The van der Waals surface area contributed by atoms with Crippen molar-refractivity contribution < 1.29 is 18.4 Å². The van der Waals surface area contributed by atoms with Gasteiger partial charge in [0.25, 0.3) is 5.91 Å². The molecule has 1 heterocycles. The summed E-state index contributed by atoms with van der Waals surface area (Å²) < 4.78 is 23.5. The summed E-state index contributed by atoms with van der Waals surface area (Å²) in [5.74, 6) is -0.0534. The van der Waals surface area contributed by atoms with E-state index in [0.717, 1.165) is 6.07 Å². The highest BCUT2D eigenvalue weighted by molar-refractivity contribution is 6.03. The smallest absolute Gasteiger partial charge is 0.257 e. The Morgan fingerprint density at radius 3 is 2.84 bits per heavy atom. The molecule has 1 amide bonds. The number of carbonyl (C=O) groups excluding carboxylic acids is 1. The van der Waals surface area contributed by atoms with Crippen LogP contribution in [-0.4, -0.2) is 17.7 Å². The van der Waals surface area contributed by atoms with E-state index in [1.54, 1.807) is 19.9 Å². The molecule has 0 aliphatic carbocycles. The van der Waals surface area contributed by atoms with Gasteiger partial charge in [-0.05, 0) is 32.0 Å². The van der Waals surface area contributed by atoms with Crippen molar-refractivity contribution in [2.45, 2.75) is 13.8 Å². The molecule has 2 aromatic rings. The first kappa shape index (κ1) is 13.1.